The van der Waals surface area contributed by atoms with E-state index < -0.39 is 0 Å². The van der Waals surface area contributed by atoms with E-state index in [1.165, 1.54) is 11.1 Å². The van der Waals surface area contributed by atoms with Crippen molar-refractivity contribution in [2.75, 3.05) is 58.3 Å². The van der Waals surface area contributed by atoms with Gasteiger partial charge in [0.1, 0.15) is 5.82 Å². The molecule has 2 heterocycles. The fourth-order valence-corrected chi connectivity index (χ4v) is 3.55. The van der Waals surface area contributed by atoms with Crippen molar-refractivity contribution in [1.29, 1.82) is 0 Å². The average molecular weight is 553 g/mol. The third kappa shape index (κ3) is 8.55. The molecule has 0 saturated carbocycles. The van der Waals surface area contributed by atoms with Crippen LogP contribution in [-0.2, 0) is 17.9 Å². The average Bonchev–Trinajstić information content (AvgIpc) is 2.81. The molecule has 32 heavy (non-hydrogen) atoms. The number of piperazine rings is 1. The van der Waals surface area contributed by atoms with Crippen LogP contribution in [0.1, 0.15) is 18.1 Å². The third-order valence-corrected chi connectivity index (χ3v) is 5.47. The van der Waals surface area contributed by atoms with Crippen molar-refractivity contribution in [3.8, 4) is 0 Å². The van der Waals surface area contributed by atoms with Gasteiger partial charge < -0.3 is 25.2 Å². The number of hydrogen-bond donors (Lipinski definition) is 2. The summed E-state index contributed by atoms with van der Waals surface area (Å²) in [7, 11) is 3.97. The summed E-state index contributed by atoms with van der Waals surface area (Å²) in [6, 6.07) is 14.4. The monoisotopic (exact) mass is 552 g/mol. The summed E-state index contributed by atoms with van der Waals surface area (Å²) in [5, 5.41) is 6.84. The Kier molecular flexibility index (Phi) is 11.8. The zero-order chi connectivity index (χ0) is 21.9. The second-order valence-corrected chi connectivity index (χ2v) is 8.19. The number of halogens is 1. The summed E-state index contributed by atoms with van der Waals surface area (Å²) in [5.74, 6) is 2.24. The van der Waals surface area contributed by atoms with Crippen LogP contribution in [0.15, 0.2) is 53.7 Å². The highest BCUT2D eigenvalue weighted by atomic mass is 127. The van der Waals surface area contributed by atoms with Crippen LogP contribution >= 0.6 is 24.0 Å². The van der Waals surface area contributed by atoms with Crippen molar-refractivity contribution < 1.29 is 4.74 Å². The second-order valence-electron chi connectivity index (χ2n) is 8.19. The predicted molar refractivity (Wildman–Crippen MR) is 143 cm³/mol. The van der Waals surface area contributed by atoms with Gasteiger partial charge in [0.05, 0.1) is 13.2 Å². The molecule has 2 N–H and O–H groups in total. The zero-order valence-corrected chi connectivity index (χ0v) is 21.8. The predicted octanol–water partition coefficient (Wildman–Crippen LogP) is 2.97. The van der Waals surface area contributed by atoms with E-state index >= 15 is 0 Å². The highest BCUT2D eigenvalue weighted by Crippen LogP contribution is 2.18. The van der Waals surface area contributed by atoms with E-state index in [0.717, 1.165) is 44.5 Å². The van der Waals surface area contributed by atoms with Crippen LogP contribution in [0.2, 0.25) is 0 Å². The van der Waals surface area contributed by atoms with Gasteiger partial charge in [0.15, 0.2) is 5.96 Å². The van der Waals surface area contributed by atoms with Crippen molar-refractivity contribution in [2.45, 2.75) is 20.1 Å². The molecule has 2 aromatic rings. The molecule has 0 amide bonds. The van der Waals surface area contributed by atoms with Crippen molar-refractivity contribution >= 4 is 35.8 Å². The Hall–Kier alpha value is -1.91. The van der Waals surface area contributed by atoms with Gasteiger partial charge in [-0.25, -0.2) is 4.98 Å². The fourth-order valence-electron chi connectivity index (χ4n) is 3.55. The van der Waals surface area contributed by atoms with E-state index in [1.54, 1.807) is 7.05 Å². The number of benzene rings is 1. The number of nitrogens with zero attached hydrogens (tertiary/aromatic N) is 4. The smallest absolute Gasteiger partial charge is 0.191 e. The van der Waals surface area contributed by atoms with Gasteiger partial charge in [0.25, 0.3) is 0 Å². The van der Waals surface area contributed by atoms with E-state index in [0.29, 0.717) is 25.7 Å². The molecule has 1 saturated heterocycles. The van der Waals surface area contributed by atoms with Gasteiger partial charge in [-0.3, -0.25) is 4.99 Å². The Morgan fingerprint density at radius 3 is 2.56 bits per heavy atom. The van der Waals surface area contributed by atoms with Gasteiger partial charge in [0, 0.05) is 58.1 Å². The fraction of sp³-hybridized carbons (Fsp3) is 0.500. The van der Waals surface area contributed by atoms with Gasteiger partial charge >= 0.3 is 0 Å². The number of likely N-dealkylation sites (N-methyl/N-ethyl adjacent to an activating group) is 1. The van der Waals surface area contributed by atoms with Crippen LogP contribution in [0.5, 0.6) is 0 Å². The van der Waals surface area contributed by atoms with E-state index in [-0.39, 0.29) is 24.0 Å². The Morgan fingerprint density at radius 2 is 1.84 bits per heavy atom. The lowest BCUT2D eigenvalue weighted by atomic mass is 10.2. The molecule has 1 aromatic carbocycles. The minimum atomic E-state index is 0. The maximum atomic E-state index is 5.85. The van der Waals surface area contributed by atoms with Gasteiger partial charge in [-0.1, -0.05) is 43.3 Å². The molecule has 0 bridgehead atoms. The topological polar surface area (TPSA) is 65.0 Å². The highest BCUT2D eigenvalue weighted by molar-refractivity contribution is 14.0. The first-order chi connectivity index (χ1) is 15.2. The molecule has 1 aromatic heterocycles. The summed E-state index contributed by atoms with van der Waals surface area (Å²) >= 11 is 0. The molecule has 0 spiro atoms. The Labute approximate surface area is 209 Å². The highest BCUT2D eigenvalue weighted by Gasteiger charge is 2.18. The summed E-state index contributed by atoms with van der Waals surface area (Å²) in [4.78, 5) is 13.8. The summed E-state index contributed by atoms with van der Waals surface area (Å²) in [5.41, 5.74) is 2.39. The third-order valence-electron chi connectivity index (χ3n) is 5.47. The van der Waals surface area contributed by atoms with E-state index in [4.69, 9.17) is 4.74 Å². The molecule has 1 atom stereocenters. The van der Waals surface area contributed by atoms with Crippen molar-refractivity contribution in [2.24, 2.45) is 10.9 Å². The summed E-state index contributed by atoms with van der Waals surface area (Å²) < 4.78 is 5.85. The molecule has 1 unspecified atom stereocenters. The number of pyridine rings is 1. The van der Waals surface area contributed by atoms with Gasteiger partial charge in [-0.05, 0) is 24.6 Å². The first-order valence-electron chi connectivity index (χ1n) is 11.1. The van der Waals surface area contributed by atoms with Crippen LogP contribution in [0, 0.1) is 5.92 Å². The Morgan fingerprint density at radius 1 is 1.09 bits per heavy atom. The van der Waals surface area contributed by atoms with Gasteiger partial charge in [0.2, 0.25) is 0 Å². The quantitative estimate of drug-likeness (QED) is 0.284. The molecular weight excluding hydrogens is 515 g/mol. The number of ether oxygens (including phenoxy) is 1. The van der Waals surface area contributed by atoms with Crippen molar-refractivity contribution in [1.82, 2.24) is 20.5 Å². The molecular formula is C24H37IN6O. The van der Waals surface area contributed by atoms with Crippen molar-refractivity contribution in [3.63, 3.8) is 0 Å². The zero-order valence-electron chi connectivity index (χ0n) is 19.5. The van der Waals surface area contributed by atoms with Crippen LogP contribution < -0.4 is 15.5 Å². The molecule has 7 nitrogen and oxygen atoms in total. The van der Waals surface area contributed by atoms with Crippen LogP contribution in [0.25, 0.3) is 0 Å². The lowest BCUT2D eigenvalue weighted by molar-refractivity contribution is 0.0931. The SMILES string of the molecule is CN=C(NCc1cccnc1N1CCN(C)CC1)NCC(C)COCc1ccccc1.I. The van der Waals surface area contributed by atoms with Crippen LogP contribution in [0.4, 0.5) is 5.82 Å². The molecule has 8 heteroatoms. The van der Waals surface area contributed by atoms with E-state index in [1.807, 2.05) is 30.5 Å². The molecule has 1 aliphatic rings. The normalized spacial score (nSPS) is 15.7. The minimum absolute atomic E-state index is 0. The first kappa shape index (κ1) is 26.3. The number of anilines is 1. The maximum absolute atomic E-state index is 5.85. The summed E-state index contributed by atoms with van der Waals surface area (Å²) in [6.07, 6.45) is 1.88. The number of rotatable bonds is 9. The lowest BCUT2D eigenvalue weighted by Gasteiger charge is -2.34. The van der Waals surface area contributed by atoms with E-state index in [2.05, 4.69) is 62.6 Å². The molecule has 0 radical (unpaired) electrons. The Balaban J connectivity index is 0.00000363. The standard InChI is InChI=1S/C24H36N6O.HI/c1-20(18-31-19-21-8-5-4-6-9-21)16-27-24(25-2)28-17-22-10-7-11-26-23(22)30-14-12-29(3)13-15-30;/h4-11,20H,12-19H2,1-3H3,(H2,25,27,28);1H. The molecule has 1 aliphatic heterocycles. The minimum Gasteiger partial charge on any atom is -0.376 e. The van der Waals surface area contributed by atoms with E-state index in [9.17, 15) is 0 Å². The summed E-state index contributed by atoms with van der Waals surface area (Å²) in [6.45, 7) is 9.16. The molecule has 176 valence electrons. The number of nitrogens with one attached hydrogen (secondary N) is 2. The van der Waals surface area contributed by atoms with Crippen LogP contribution in [0.3, 0.4) is 0 Å². The number of aliphatic imine (C=N–C) groups is 1. The van der Waals surface area contributed by atoms with Gasteiger partial charge in [-0.15, -0.1) is 24.0 Å². The van der Waals surface area contributed by atoms with Crippen LogP contribution in [-0.4, -0.2) is 69.3 Å². The maximum Gasteiger partial charge on any atom is 0.191 e. The van der Waals surface area contributed by atoms with Gasteiger partial charge in [-0.2, -0.15) is 0 Å². The van der Waals surface area contributed by atoms with Crippen molar-refractivity contribution in [3.05, 3.63) is 59.8 Å². The molecule has 0 aliphatic carbocycles. The molecule has 3 rings (SSSR count). The largest absolute Gasteiger partial charge is 0.376 e. The second kappa shape index (κ2) is 14.3. The lowest BCUT2D eigenvalue weighted by Crippen LogP contribution is -2.45. The first-order valence-corrected chi connectivity index (χ1v) is 11.1. The number of hydrogen-bond acceptors (Lipinski definition) is 5. The number of guanidine groups is 1. The molecule has 1 fully saturated rings. The Bertz CT molecular complexity index is 811. The number of aromatic nitrogens is 1.